The molecular weight excluding hydrogens is 218 g/mol. The van der Waals surface area contributed by atoms with Gasteiger partial charge < -0.3 is 10.5 Å². The number of aryl methyl sites for hydroxylation is 1. The van der Waals surface area contributed by atoms with Gasteiger partial charge in [-0.05, 0) is 12.1 Å². The van der Waals surface area contributed by atoms with E-state index in [4.69, 9.17) is 10.5 Å². The van der Waals surface area contributed by atoms with E-state index >= 15 is 0 Å². The van der Waals surface area contributed by atoms with Gasteiger partial charge >= 0.3 is 0 Å². The molecule has 6 nitrogen and oxygen atoms in total. The van der Waals surface area contributed by atoms with E-state index in [-0.39, 0.29) is 6.04 Å². The fraction of sp³-hybridized carbons (Fsp3) is 0.364. The molecule has 90 valence electrons. The average molecular weight is 233 g/mol. The molecule has 0 aliphatic rings. The van der Waals surface area contributed by atoms with E-state index in [1.807, 2.05) is 25.4 Å². The minimum atomic E-state index is -0.205. The Balaban J connectivity index is 2.06. The van der Waals surface area contributed by atoms with E-state index in [0.717, 1.165) is 11.4 Å². The maximum absolute atomic E-state index is 6.04. The van der Waals surface area contributed by atoms with Gasteiger partial charge in [0.05, 0.1) is 24.5 Å². The monoisotopic (exact) mass is 233 g/mol. The Bertz CT molecular complexity index is 479. The van der Waals surface area contributed by atoms with Gasteiger partial charge in [-0.3, -0.25) is 4.68 Å². The van der Waals surface area contributed by atoms with Crippen molar-refractivity contribution in [3.8, 4) is 5.88 Å². The van der Waals surface area contributed by atoms with Crippen molar-refractivity contribution >= 4 is 0 Å². The maximum atomic E-state index is 6.04. The molecule has 1 unspecified atom stereocenters. The lowest BCUT2D eigenvalue weighted by Gasteiger charge is -2.08. The van der Waals surface area contributed by atoms with Crippen LogP contribution in [0.15, 0.2) is 24.4 Å². The number of ether oxygens (including phenoxy) is 1. The molecule has 6 heteroatoms. The molecule has 2 heterocycles. The van der Waals surface area contributed by atoms with Crippen LogP contribution in [0, 0.1) is 0 Å². The fourth-order valence-electron chi connectivity index (χ4n) is 1.54. The highest BCUT2D eigenvalue weighted by Gasteiger charge is 2.11. The largest absolute Gasteiger partial charge is 0.480 e. The first-order chi connectivity index (χ1) is 8.19. The molecule has 2 aromatic heterocycles. The van der Waals surface area contributed by atoms with Crippen LogP contribution in [0.1, 0.15) is 17.4 Å². The van der Waals surface area contributed by atoms with E-state index in [1.165, 1.54) is 0 Å². The lowest BCUT2D eigenvalue weighted by Crippen LogP contribution is -2.16. The Morgan fingerprint density at radius 3 is 2.71 bits per heavy atom. The zero-order chi connectivity index (χ0) is 12.3. The highest BCUT2D eigenvalue weighted by atomic mass is 16.5. The number of nitrogens with zero attached hydrogens (tertiary/aromatic N) is 4. The lowest BCUT2D eigenvalue weighted by atomic mass is 10.1. The quantitative estimate of drug-likeness (QED) is 0.830. The minimum absolute atomic E-state index is 0.205. The summed E-state index contributed by atoms with van der Waals surface area (Å²) in [4.78, 5) is 0. The number of methoxy groups -OCH3 is 1. The Labute approximate surface area is 99.4 Å². The van der Waals surface area contributed by atoms with Crippen molar-refractivity contribution < 1.29 is 4.74 Å². The fourth-order valence-corrected chi connectivity index (χ4v) is 1.54. The highest BCUT2D eigenvalue weighted by Crippen LogP contribution is 2.13. The van der Waals surface area contributed by atoms with E-state index in [0.29, 0.717) is 12.3 Å². The first kappa shape index (κ1) is 11.5. The molecule has 1 atom stereocenters. The van der Waals surface area contributed by atoms with Crippen molar-refractivity contribution in [1.82, 2.24) is 20.0 Å². The molecule has 0 radical (unpaired) electrons. The molecule has 2 N–H and O–H groups in total. The highest BCUT2D eigenvalue weighted by molar-refractivity contribution is 5.15. The zero-order valence-electron chi connectivity index (χ0n) is 9.87. The van der Waals surface area contributed by atoms with Crippen molar-refractivity contribution in [3.05, 3.63) is 35.8 Å². The molecule has 17 heavy (non-hydrogen) atoms. The molecule has 0 bridgehead atoms. The van der Waals surface area contributed by atoms with Gasteiger partial charge in [-0.25, -0.2) is 0 Å². The van der Waals surface area contributed by atoms with Gasteiger partial charge in [0.15, 0.2) is 0 Å². The first-order valence-corrected chi connectivity index (χ1v) is 5.31. The third-order valence-corrected chi connectivity index (χ3v) is 2.45. The maximum Gasteiger partial charge on any atom is 0.233 e. The second-order valence-corrected chi connectivity index (χ2v) is 3.79. The molecule has 0 aromatic carbocycles. The number of hydrogen-bond acceptors (Lipinski definition) is 5. The van der Waals surface area contributed by atoms with Crippen molar-refractivity contribution in [2.24, 2.45) is 12.8 Å². The van der Waals surface area contributed by atoms with Crippen LogP contribution in [0.2, 0.25) is 0 Å². The number of hydrogen-bond donors (Lipinski definition) is 1. The molecule has 2 rings (SSSR count). The molecule has 0 saturated heterocycles. The second-order valence-electron chi connectivity index (χ2n) is 3.79. The van der Waals surface area contributed by atoms with Crippen LogP contribution >= 0.6 is 0 Å². The Hall–Kier alpha value is -1.95. The first-order valence-electron chi connectivity index (χ1n) is 5.31. The smallest absolute Gasteiger partial charge is 0.233 e. The molecule has 0 aliphatic carbocycles. The van der Waals surface area contributed by atoms with Gasteiger partial charge in [0.25, 0.3) is 0 Å². The SMILES string of the molecule is COc1ccc(C(N)Cc2ccn(C)n2)nn1. The van der Waals surface area contributed by atoms with Crippen LogP contribution in [0.3, 0.4) is 0 Å². The summed E-state index contributed by atoms with van der Waals surface area (Å²) in [6.45, 7) is 0. The zero-order valence-corrected chi connectivity index (χ0v) is 9.87. The molecule has 0 aliphatic heterocycles. The normalized spacial score (nSPS) is 12.4. The van der Waals surface area contributed by atoms with Crippen molar-refractivity contribution in [2.45, 2.75) is 12.5 Å². The summed E-state index contributed by atoms with van der Waals surface area (Å²) in [5, 5.41) is 12.2. The van der Waals surface area contributed by atoms with Crippen LogP contribution in [0.5, 0.6) is 5.88 Å². The third-order valence-electron chi connectivity index (χ3n) is 2.45. The summed E-state index contributed by atoms with van der Waals surface area (Å²) >= 11 is 0. The average Bonchev–Trinajstić information content (AvgIpc) is 2.75. The van der Waals surface area contributed by atoms with Gasteiger partial charge in [0.1, 0.15) is 0 Å². The summed E-state index contributed by atoms with van der Waals surface area (Å²) in [7, 11) is 3.43. The standard InChI is InChI=1S/C11H15N5O/c1-16-6-5-8(15-16)7-9(12)10-3-4-11(17-2)14-13-10/h3-6,9H,7,12H2,1-2H3. The summed E-state index contributed by atoms with van der Waals surface area (Å²) < 4.78 is 6.69. The number of aromatic nitrogens is 4. The van der Waals surface area contributed by atoms with Crippen LogP contribution in [0.4, 0.5) is 0 Å². The van der Waals surface area contributed by atoms with Crippen LogP contribution in [-0.2, 0) is 13.5 Å². The van der Waals surface area contributed by atoms with Crippen molar-refractivity contribution in [1.29, 1.82) is 0 Å². The Kier molecular flexibility index (Phi) is 3.34. The number of rotatable bonds is 4. The van der Waals surface area contributed by atoms with E-state index in [1.54, 1.807) is 17.9 Å². The van der Waals surface area contributed by atoms with Gasteiger partial charge in [0.2, 0.25) is 5.88 Å². The predicted octanol–water partition coefficient (Wildman–Crippen LogP) is 0.461. The topological polar surface area (TPSA) is 78.9 Å². The molecule has 0 spiro atoms. The van der Waals surface area contributed by atoms with Gasteiger partial charge in [-0.15, -0.1) is 5.10 Å². The van der Waals surface area contributed by atoms with E-state index in [2.05, 4.69) is 15.3 Å². The van der Waals surface area contributed by atoms with Crippen LogP contribution in [0.25, 0.3) is 0 Å². The predicted molar refractivity (Wildman–Crippen MR) is 62.4 cm³/mol. The third kappa shape index (κ3) is 2.79. The summed E-state index contributed by atoms with van der Waals surface area (Å²) in [6, 6.07) is 5.31. The van der Waals surface area contributed by atoms with E-state index in [9.17, 15) is 0 Å². The van der Waals surface area contributed by atoms with Gasteiger partial charge in [-0.1, -0.05) is 0 Å². The van der Waals surface area contributed by atoms with Gasteiger partial charge in [-0.2, -0.15) is 10.2 Å². The molecular formula is C11H15N5O. The second kappa shape index (κ2) is 4.92. The van der Waals surface area contributed by atoms with E-state index < -0.39 is 0 Å². The van der Waals surface area contributed by atoms with Crippen molar-refractivity contribution in [2.75, 3.05) is 7.11 Å². The molecule has 2 aromatic rings. The summed E-state index contributed by atoms with van der Waals surface area (Å²) in [5.41, 5.74) is 7.71. The molecule has 0 amide bonds. The minimum Gasteiger partial charge on any atom is -0.480 e. The molecule has 0 saturated carbocycles. The van der Waals surface area contributed by atoms with Crippen LogP contribution < -0.4 is 10.5 Å². The summed E-state index contributed by atoms with van der Waals surface area (Å²) in [6.07, 6.45) is 2.53. The van der Waals surface area contributed by atoms with Gasteiger partial charge in [0, 0.05) is 25.7 Å². The summed E-state index contributed by atoms with van der Waals surface area (Å²) in [5.74, 6) is 0.485. The lowest BCUT2D eigenvalue weighted by molar-refractivity contribution is 0.390. The van der Waals surface area contributed by atoms with Crippen molar-refractivity contribution in [3.63, 3.8) is 0 Å². The number of nitrogens with two attached hydrogens (primary N) is 1. The Morgan fingerprint density at radius 1 is 1.35 bits per heavy atom. The molecule has 0 fully saturated rings. The van der Waals surface area contributed by atoms with Crippen LogP contribution in [-0.4, -0.2) is 27.1 Å². The Morgan fingerprint density at radius 2 is 2.18 bits per heavy atom.